The SMILES string of the molecule is CC(C)Sc1ncc(-c2ccc(Br)cc2)[nH]1. The van der Waals surface area contributed by atoms with E-state index in [0.29, 0.717) is 5.25 Å². The third-order valence-electron chi connectivity index (χ3n) is 2.06. The Balaban J connectivity index is 2.21. The zero-order chi connectivity index (χ0) is 11.5. The van der Waals surface area contributed by atoms with E-state index in [2.05, 4.69) is 51.9 Å². The van der Waals surface area contributed by atoms with Gasteiger partial charge in [0.1, 0.15) is 0 Å². The van der Waals surface area contributed by atoms with Crippen molar-refractivity contribution in [1.82, 2.24) is 9.97 Å². The van der Waals surface area contributed by atoms with E-state index in [1.165, 1.54) is 0 Å². The Morgan fingerprint density at radius 1 is 1.25 bits per heavy atom. The van der Waals surface area contributed by atoms with E-state index in [1.807, 2.05) is 18.3 Å². The summed E-state index contributed by atoms with van der Waals surface area (Å²) in [6, 6.07) is 8.21. The van der Waals surface area contributed by atoms with Crippen LogP contribution in [0.3, 0.4) is 0 Å². The zero-order valence-electron chi connectivity index (χ0n) is 9.20. The molecule has 0 aliphatic carbocycles. The predicted molar refractivity (Wildman–Crippen MR) is 72.7 cm³/mol. The van der Waals surface area contributed by atoms with Crippen LogP contribution in [-0.2, 0) is 0 Å². The second kappa shape index (κ2) is 5.06. The van der Waals surface area contributed by atoms with Crippen molar-refractivity contribution < 1.29 is 0 Å². The van der Waals surface area contributed by atoms with Crippen LogP contribution in [0.1, 0.15) is 13.8 Å². The maximum absolute atomic E-state index is 4.35. The number of rotatable bonds is 3. The maximum atomic E-state index is 4.35. The molecule has 1 aromatic carbocycles. The topological polar surface area (TPSA) is 28.7 Å². The van der Waals surface area contributed by atoms with Gasteiger partial charge in [0.25, 0.3) is 0 Å². The molecule has 2 aromatic rings. The first-order valence-corrected chi connectivity index (χ1v) is 6.80. The Labute approximate surface area is 108 Å². The summed E-state index contributed by atoms with van der Waals surface area (Å²) in [5.74, 6) is 0. The first-order chi connectivity index (χ1) is 7.65. The minimum atomic E-state index is 0.545. The summed E-state index contributed by atoms with van der Waals surface area (Å²) < 4.78 is 1.09. The van der Waals surface area contributed by atoms with Crippen molar-refractivity contribution in [3.63, 3.8) is 0 Å². The summed E-state index contributed by atoms with van der Waals surface area (Å²) >= 11 is 5.17. The van der Waals surface area contributed by atoms with Crippen molar-refractivity contribution in [2.45, 2.75) is 24.3 Å². The lowest BCUT2D eigenvalue weighted by molar-refractivity contribution is 1.03. The second-order valence-corrected chi connectivity index (χ2v) is 6.26. The minimum absolute atomic E-state index is 0.545. The number of nitrogens with one attached hydrogen (secondary N) is 1. The highest BCUT2D eigenvalue weighted by molar-refractivity contribution is 9.10. The lowest BCUT2D eigenvalue weighted by Gasteiger charge is -2.00. The van der Waals surface area contributed by atoms with Gasteiger partial charge >= 0.3 is 0 Å². The number of thioether (sulfide) groups is 1. The van der Waals surface area contributed by atoms with Crippen LogP contribution in [0, 0.1) is 0 Å². The highest BCUT2D eigenvalue weighted by Gasteiger charge is 2.05. The van der Waals surface area contributed by atoms with E-state index < -0.39 is 0 Å². The van der Waals surface area contributed by atoms with Crippen LogP contribution in [0.5, 0.6) is 0 Å². The van der Waals surface area contributed by atoms with Crippen LogP contribution in [0.2, 0.25) is 0 Å². The summed E-state index contributed by atoms with van der Waals surface area (Å²) in [5.41, 5.74) is 2.22. The molecular formula is C12H13BrN2S. The molecule has 1 N–H and O–H groups in total. The summed E-state index contributed by atoms with van der Waals surface area (Å²) in [4.78, 5) is 7.67. The smallest absolute Gasteiger partial charge is 0.166 e. The van der Waals surface area contributed by atoms with E-state index in [0.717, 1.165) is 20.9 Å². The van der Waals surface area contributed by atoms with Crippen molar-refractivity contribution in [3.8, 4) is 11.3 Å². The highest BCUT2D eigenvalue weighted by Crippen LogP contribution is 2.24. The van der Waals surface area contributed by atoms with Crippen molar-refractivity contribution in [2.24, 2.45) is 0 Å². The monoisotopic (exact) mass is 296 g/mol. The van der Waals surface area contributed by atoms with Crippen LogP contribution in [0.15, 0.2) is 40.1 Å². The molecule has 2 rings (SSSR count). The Hall–Kier alpha value is -0.740. The zero-order valence-corrected chi connectivity index (χ0v) is 11.6. The molecule has 0 bridgehead atoms. The normalized spacial score (nSPS) is 11.0. The molecule has 0 saturated carbocycles. The molecule has 0 spiro atoms. The molecular weight excluding hydrogens is 284 g/mol. The van der Waals surface area contributed by atoms with Crippen LogP contribution >= 0.6 is 27.7 Å². The fourth-order valence-electron chi connectivity index (χ4n) is 1.36. The lowest BCUT2D eigenvalue weighted by atomic mass is 10.2. The van der Waals surface area contributed by atoms with Crippen LogP contribution in [-0.4, -0.2) is 15.2 Å². The molecule has 0 amide bonds. The number of aromatic nitrogens is 2. The number of benzene rings is 1. The van der Waals surface area contributed by atoms with E-state index in [4.69, 9.17) is 0 Å². The third-order valence-corrected chi connectivity index (χ3v) is 3.49. The van der Waals surface area contributed by atoms with Gasteiger partial charge in [-0.05, 0) is 17.7 Å². The average molecular weight is 297 g/mol. The summed E-state index contributed by atoms with van der Waals surface area (Å²) in [5, 5.41) is 1.52. The van der Waals surface area contributed by atoms with Crippen LogP contribution in [0.25, 0.3) is 11.3 Å². The Morgan fingerprint density at radius 3 is 2.56 bits per heavy atom. The molecule has 2 nitrogen and oxygen atoms in total. The van der Waals surface area contributed by atoms with Gasteiger partial charge in [0.2, 0.25) is 0 Å². The maximum Gasteiger partial charge on any atom is 0.166 e. The molecule has 0 aliphatic heterocycles. The third kappa shape index (κ3) is 2.89. The number of H-pyrrole nitrogens is 1. The molecule has 16 heavy (non-hydrogen) atoms. The number of hydrogen-bond donors (Lipinski definition) is 1. The Morgan fingerprint density at radius 2 is 1.94 bits per heavy atom. The lowest BCUT2D eigenvalue weighted by Crippen LogP contribution is -1.87. The molecule has 0 saturated heterocycles. The van der Waals surface area contributed by atoms with Crippen LogP contribution < -0.4 is 0 Å². The standard InChI is InChI=1S/C12H13BrN2S/c1-8(2)16-12-14-7-11(15-12)9-3-5-10(13)6-4-9/h3-8H,1-2H3,(H,14,15). The number of hydrogen-bond acceptors (Lipinski definition) is 2. The van der Waals surface area contributed by atoms with Crippen molar-refractivity contribution in [2.75, 3.05) is 0 Å². The van der Waals surface area contributed by atoms with Crippen LogP contribution in [0.4, 0.5) is 0 Å². The molecule has 0 atom stereocenters. The van der Waals surface area contributed by atoms with Gasteiger partial charge in [-0.3, -0.25) is 0 Å². The van der Waals surface area contributed by atoms with Crippen molar-refractivity contribution >= 4 is 27.7 Å². The molecule has 1 heterocycles. The second-order valence-electron chi connectivity index (χ2n) is 3.78. The number of halogens is 1. The summed E-state index contributed by atoms with van der Waals surface area (Å²) in [6.45, 7) is 4.32. The molecule has 0 unspecified atom stereocenters. The quantitative estimate of drug-likeness (QED) is 0.854. The van der Waals surface area contributed by atoms with E-state index in [1.54, 1.807) is 11.8 Å². The van der Waals surface area contributed by atoms with Crippen molar-refractivity contribution in [1.29, 1.82) is 0 Å². The van der Waals surface area contributed by atoms with Gasteiger partial charge in [0.05, 0.1) is 11.9 Å². The predicted octanol–water partition coefficient (Wildman–Crippen LogP) is 4.34. The van der Waals surface area contributed by atoms with Gasteiger partial charge in [-0.25, -0.2) is 4.98 Å². The van der Waals surface area contributed by atoms with Gasteiger partial charge in [-0.1, -0.05) is 53.7 Å². The van der Waals surface area contributed by atoms with Gasteiger partial charge in [0, 0.05) is 9.72 Å². The summed E-state index contributed by atoms with van der Waals surface area (Å²) in [6.07, 6.45) is 1.88. The number of imidazole rings is 1. The van der Waals surface area contributed by atoms with E-state index in [-0.39, 0.29) is 0 Å². The number of aromatic amines is 1. The van der Waals surface area contributed by atoms with E-state index >= 15 is 0 Å². The number of nitrogens with zero attached hydrogens (tertiary/aromatic N) is 1. The summed E-state index contributed by atoms with van der Waals surface area (Å²) in [7, 11) is 0. The first kappa shape index (κ1) is 11.7. The molecule has 4 heteroatoms. The molecule has 0 aliphatic rings. The van der Waals surface area contributed by atoms with Gasteiger partial charge in [-0.15, -0.1) is 0 Å². The fraction of sp³-hybridized carbons (Fsp3) is 0.250. The fourth-order valence-corrected chi connectivity index (χ4v) is 2.36. The van der Waals surface area contributed by atoms with Crippen molar-refractivity contribution in [3.05, 3.63) is 34.9 Å². The average Bonchev–Trinajstić information content (AvgIpc) is 2.66. The minimum Gasteiger partial charge on any atom is -0.333 e. The highest BCUT2D eigenvalue weighted by atomic mass is 79.9. The Bertz CT molecular complexity index is 462. The molecule has 1 aromatic heterocycles. The van der Waals surface area contributed by atoms with Gasteiger partial charge in [-0.2, -0.15) is 0 Å². The largest absolute Gasteiger partial charge is 0.333 e. The molecule has 0 fully saturated rings. The van der Waals surface area contributed by atoms with Gasteiger partial charge in [0.15, 0.2) is 5.16 Å². The molecule has 84 valence electrons. The Kier molecular flexibility index (Phi) is 3.71. The molecule has 0 radical (unpaired) electrons. The first-order valence-electron chi connectivity index (χ1n) is 5.13. The van der Waals surface area contributed by atoms with Gasteiger partial charge < -0.3 is 4.98 Å². The van der Waals surface area contributed by atoms with E-state index in [9.17, 15) is 0 Å².